The Morgan fingerprint density at radius 1 is 1.29 bits per heavy atom. The van der Waals surface area contributed by atoms with Gasteiger partial charge >= 0.3 is 0 Å². The Bertz CT molecular complexity index is 516. The largest absolute Gasteiger partial charge is 0.497 e. The zero-order chi connectivity index (χ0) is 12.3. The average Bonchev–Trinajstić information content (AvgIpc) is 2.78. The van der Waals surface area contributed by atoms with Crippen molar-refractivity contribution in [2.75, 3.05) is 7.11 Å². The van der Waals surface area contributed by atoms with Crippen molar-refractivity contribution < 1.29 is 4.74 Å². The van der Waals surface area contributed by atoms with Gasteiger partial charge in [-0.3, -0.25) is 0 Å². The van der Waals surface area contributed by atoms with Crippen molar-refractivity contribution in [1.29, 1.82) is 0 Å². The van der Waals surface area contributed by atoms with Crippen LogP contribution in [0.15, 0.2) is 42.6 Å². The van der Waals surface area contributed by atoms with Crippen LogP contribution in [-0.4, -0.2) is 16.7 Å². The molecule has 88 valence electrons. The molecule has 0 unspecified atom stereocenters. The predicted molar refractivity (Wildman–Crippen MR) is 72.4 cm³/mol. The van der Waals surface area contributed by atoms with Crippen LogP contribution in [0.25, 0.3) is 0 Å². The third-order valence-corrected chi connectivity index (χ3v) is 2.80. The fourth-order valence-corrected chi connectivity index (χ4v) is 1.89. The number of thiocarbonyl (C=S) groups is 1. The topological polar surface area (TPSA) is 40.2 Å². The summed E-state index contributed by atoms with van der Waals surface area (Å²) in [6.45, 7) is 0.754. The molecule has 2 rings (SSSR count). The van der Waals surface area contributed by atoms with Crippen LogP contribution in [0.4, 0.5) is 0 Å². The Hall–Kier alpha value is -1.81. The molecule has 0 saturated carbocycles. The summed E-state index contributed by atoms with van der Waals surface area (Å²) in [5, 5.41) is 0. The molecule has 0 atom stereocenters. The molecule has 4 heteroatoms. The van der Waals surface area contributed by atoms with E-state index in [-0.39, 0.29) is 0 Å². The van der Waals surface area contributed by atoms with Crippen molar-refractivity contribution >= 4 is 17.2 Å². The van der Waals surface area contributed by atoms with E-state index in [1.807, 2.05) is 47.2 Å². The second kappa shape index (κ2) is 5.01. The SMILES string of the molecule is COc1ccc(Cn2cccc2C(N)=S)cc1. The smallest absolute Gasteiger partial charge is 0.120 e. The van der Waals surface area contributed by atoms with Gasteiger partial charge in [0, 0.05) is 12.7 Å². The summed E-state index contributed by atoms with van der Waals surface area (Å²) in [6, 6.07) is 11.8. The van der Waals surface area contributed by atoms with Gasteiger partial charge in [-0.25, -0.2) is 0 Å². The first-order valence-corrected chi connectivity index (χ1v) is 5.69. The van der Waals surface area contributed by atoms with Gasteiger partial charge in [0.05, 0.1) is 12.8 Å². The monoisotopic (exact) mass is 246 g/mol. The van der Waals surface area contributed by atoms with Gasteiger partial charge in [0.25, 0.3) is 0 Å². The Balaban J connectivity index is 2.19. The normalized spacial score (nSPS) is 10.2. The summed E-state index contributed by atoms with van der Waals surface area (Å²) in [4.78, 5) is 0.420. The van der Waals surface area contributed by atoms with Crippen molar-refractivity contribution in [3.8, 4) is 5.75 Å². The van der Waals surface area contributed by atoms with Crippen molar-refractivity contribution in [3.63, 3.8) is 0 Å². The minimum Gasteiger partial charge on any atom is -0.497 e. The molecule has 1 heterocycles. The van der Waals surface area contributed by atoms with E-state index in [9.17, 15) is 0 Å². The van der Waals surface area contributed by atoms with Crippen LogP contribution in [-0.2, 0) is 6.54 Å². The highest BCUT2D eigenvalue weighted by Gasteiger charge is 2.04. The number of methoxy groups -OCH3 is 1. The van der Waals surface area contributed by atoms with Gasteiger partial charge in [-0.15, -0.1) is 0 Å². The molecule has 2 aromatic rings. The molecule has 1 aromatic heterocycles. The molecule has 0 aliphatic carbocycles. The molecule has 0 spiro atoms. The Morgan fingerprint density at radius 3 is 2.59 bits per heavy atom. The van der Waals surface area contributed by atoms with Crippen LogP contribution in [0.5, 0.6) is 5.75 Å². The van der Waals surface area contributed by atoms with Gasteiger partial charge in [-0.1, -0.05) is 24.4 Å². The lowest BCUT2D eigenvalue weighted by Crippen LogP contribution is -2.15. The molecular formula is C13H14N2OS. The lowest BCUT2D eigenvalue weighted by Gasteiger charge is -2.08. The summed E-state index contributed by atoms with van der Waals surface area (Å²) in [7, 11) is 1.66. The quantitative estimate of drug-likeness (QED) is 0.841. The summed E-state index contributed by atoms with van der Waals surface area (Å²) >= 11 is 5.00. The van der Waals surface area contributed by atoms with E-state index < -0.39 is 0 Å². The van der Waals surface area contributed by atoms with Crippen LogP contribution in [0.3, 0.4) is 0 Å². The maximum Gasteiger partial charge on any atom is 0.120 e. The van der Waals surface area contributed by atoms with Gasteiger partial charge in [-0.2, -0.15) is 0 Å². The van der Waals surface area contributed by atoms with Gasteiger partial charge in [0.15, 0.2) is 0 Å². The first-order chi connectivity index (χ1) is 8.20. The van der Waals surface area contributed by atoms with E-state index >= 15 is 0 Å². The van der Waals surface area contributed by atoms with Crippen molar-refractivity contribution in [1.82, 2.24) is 4.57 Å². The van der Waals surface area contributed by atoms with Crippen molar-refractivity contribution in [2.24, 2.45) is 5.73 Å². The summed E-state index contributed by atoms with van der Waals surface area (Å²) in [6.07, 6.45) is 1.97. The van der Waals surface area contributed by atoms with Crippen molar-refractivity contribution in [2.45, 2.75) is 6.54 Å². The number of hydrogen-bond acceptors (Lipinski definition) is 2. The molecule has 17 heavy (non-hydrogen) atoms. The lowest BCUT2D eigenvalue weighted by atomic mass is 10.2. The van der Waals surface area contributed by atoms with Crippen LogP contribution >= 0.6 is 12.2 Å². The maximum absolute atomic E-state index is 5.65. The highest BCUT2D eigenvalue weighted by atomic mass is 32.1. The maximum atomic E-state index is 5.65. The third kappa shape index (κ3) is 2.65. The number of benzene rings is 1. The molecule has 0 amide bonds. The van der Waals surface area contributed by atoms with Crippen LogP contribution in [0, 0.1) is 0 Å². The van der Waals surface area contributed by atoms with Gasteiger partial charge in [0.2, 0.25) is 0 Å². The first kappa shape index (κ1) is 11.7. The zero-order valence-corrected chi connectivity index (χ0v) is 10.4. The summed E-state index contributed by atoms with van der Waals surface area (Å²) in [5.41, 5.74) is 7.71. The standard InChI is InChI=1S/C13H14N2OS/c1-16-11-6-4-10(5-7-11)9-15-8-2-3-12(15)13(14)17/h2-8H,9H2,1H3,(H2,14,17). The van der Waals surface area contributed by atoms with Crippen LogP contribution < -0.4 is 10.5 Å². The van der Waals surface area contributed by atoms with Crippen LogP contribution in [0.2, 0.25) is 0 Å². The van der Waals surface area contributed by atoms with Crippen molar-refractivity contribution in [3.05, 3.63) is 53.9 Å². The van der Waals surface area contributed by atoms with E-state index in [1.54, 1.807) is 7.11 Å². The van der Waals surface area contributed by atoms with E-state index in [4.69, 9.17) is 22.7 Å². The fraction of sp³-hybridized carbons (Fsp3) is 0.154. The minimum atomic E-state index is 0.420. The number of aromatic nitrogens is 1. The number of ether oxygens (including phenoxy) is 1. The molecule has 3 nitrogen and oxygen atoms in total. The number of rotatable bonds is 4. The Morgan fingerprint density at radius 2 is 2.00 bits per heavy atom. The number of nitrogens with zero attached hydrogens (tertiary/aromatic N) is 1. The third-order valence-electron chi connectivity index (χ3n) is 2.59. The van der Waals surface area contributed by atoms with E-state index in [2.05, 4.69) is 0 Å². The minimum absolute atomic E-state index is 0.420. The Kier molecular flexibility index (Phi) is 3.44. The molecule has 0 fully saturated rings. The highest BCUT2D eigenvalue weighted by molar-refractivity contribution is 7.80. The molecular weight excluding hydrogens is 232 g/mol. The van der Waals surface area contributed by atoms with E-state index in [1.165, 1.54) is 5.56 Å². The number of nitrogens with two attached hydrogens (primary N) is 1. The van der Waals surface area contributed by atoms with E-state index in [0.29, 0.717) is 4.99 Å². The second-order valence-corrected chi connectivity index (χ2v) is 4.17. The lowest BCUT2D eigenvalue weighted by molar-refractivity contribution is 0.414. The molecule has 2 N–H and O–H groups in total. The molecule has 0 radical (unpaired) electrons. The highest BCUT2D eigenvalue weighted by Crippen LogP contribution is 2.13. The first-order valence-electron chi connectivity index (χ1n) is 5.28. The van der Waals surface area contributed by atoms with E-state index in [0.717, 1.165) is 18.0 Å². The molecule has 0 saturated heterocycles. The van der Waals surface area contributed by atoms with Gasteiger partial charge in [0.1, 0.15) is 10.7 Å². The average molecular weight is 246 g/mol. The molecule has 0 aliphatic rings. The summed E-state index contributed by atoms with van der Waals surface area (Å²) in [5.74, 6) is 0.857. The van der Waals surface area contributed by atoms with Gasteiger partial charge < -0.3 is 15.0 Å². The fourth-order valence-electron chi connectivity index (χ4n) is 1.70. The zero-order valence-electron chi connectivity index (χ0n) is 9.59. The Labute approximate surface area is 106 Å². The molecule has 0 bridgehead atoms. The second-order valence-electron chi connectivity index (χ2n) is 3.73. The number of hydrogen-bond donors (Lipinski definition) is 1. The molecule has 0 aliphatic heterocycles. The van der Waals surface area contributed by atoms with Crippen LogP contribution in [0.1, 0.15) is 11.3 Å². The summed E-state index contributed by atoms with van der Waals surface area (Å²) < 4.78 is 7.15. The van der Waals surface area contributed by atoms with Gasteiger partial charge in [-0.05, 0) is 29.8 Å². The predicted octanol–water partition coefficient (Wildman–Crippen LogP) is 2.18. The molecule has 1 aromatic carbocycles.